The standard InChI is InChI=1S/C15H22O2/c1-15(2,3)13(14(16)17)11-7-10-12-8-5-4-6-9-12/h4-6,8-9,13H,7,10-11H2,1-3H3,(H,16,17). The average Bonchev–Trinajstić information content (AvgIpc) is 2.23. The van der Waals surface area contributed by atoms with Crippen LogP contribution in [-0.2, 0) is 11.2 Å². The highest BCUT2D eigenvalue weighted by molar-refractivity contribution is 5.70. The third kappa shape index (κ3) is 4.59. The van der Waals surface area contributed by atoms with E-state index in [2.05, 4.69) is 12.1 Å². The van der Waals surface area contributed by atoms with Gasteiger partial charge in [0.1, 0.15) is 0 Å². The molecule has 0 spiro atoms. The number of aryl methyl sites for hydroxylation is 1. The molecular formula is C15H22O2. The fourth-order valence-electron chi connectivity index (χ4n) is 2.08. The van der Waals surface area contributed by atoms with E-state index >= 15 is 0 Å². The third-order valence-corrected chi connectivity index (χ3v) is 3.14. The Hall–Kier alpha value is -1.31. The van der Waals surface area contributed by atoms with Gasteiger partial charge in [0.15, 0.2) is 0 Å². The summed E-state index contributed by atoms with van der Waals surface area (Å²) >= 11 is 0. The molecule has 0 radical (unpaired) electrons. The van der Waals surface area contributed by atoms with Crippen molar-refractivity contribution in [1.29, 1.82) is 0 Å². The van der Waals surface area contributed by atoms with Gasteiger partial charge in [0.2, 0.25) is 0 Å². The number of carboxylic acid groups (broad SMARTS) is 1. The Morgan fingerprint density at radius 3 is 2.29 bits per heavy atom. The lowest BCUT2D eigenvalue weighted by atomic mass is 9.78. The minimum Gasteiger partial charge on any atom is -0.481 e. The van der Waals surface area contributed by atoms with E-state index in [1.807, 2.05) is 39.0 Å². The molecule has 0 bridgehead atoms. The van der Waals surface area contributed by atoms with Gasteiger partial charge in [-0.05, 0) is 30.2 Å². The van der Waals surface area contributed by atoms with Crippen LogP contribution in [0.15, 0.2) is 30.3 Å². The van der Waals surface area contributed by atoms with Gasteiger partial charge in [0, 0.05) is 0 Å². The maximum absolute atomic E-state index is 11.2. The Labute approximate surface area is 104 Å². The van der Waals surface area contributed by atoms with Crippen LogP contribution in [0.3, 0.4) is 0 Å². The first kappa shape index (κ1) is 13.8. The monoisotopic (exact) mass is 234 g/mol. The van der Waals surface area contributed by atoms with Crippen LogP contribution in [0, 0.1) is 11.3 Å². The topological polar surface area (TPSA) is 37.3 Å². The van der Waals surface area contributed by atoms with Crippen LogP contribution in [-0.4, -0.2) is 11.1 Å². The van der Waals surface area contributed by atoms with Gasteiger partial charge in [-0.1, -0.05) is 51.1 Å². The minimum atomic E-state index is -0.675. The molecule has 0 aromatic heterocycles. The van der Waals surface area contributed by atoms with Crippen molar-refractivity contribution in [2.75, 3.05) is 0 Å². The van der Waals surface area contributed by atoms with Gasteiger partial charge in [0.25, 0.3) is 0 Å². The van der Waals surface area contributed by atoms with Crippen molar-refractivity contribution < 1.29 is 9.90 Å². The fraction of sp³-hybridized carbons (Fsp3) is 0.533. The molecule has 0 aliphatic heterocycles. The van der Waals surface area contributed by atoms with Gasteiger partial charge >= 0.3 is 5.97 Å². The van der Waals surface area contributed by atoms with Crippen LogP contribution in [0.5, 0.6) is 0 Å². The number of hydrogen-bond donors (Lipinski definition) is 1. The molecule has 1 unspecified atom stereocenters. The minimum absolute atomic E-state index is 0.164. The van der Waals surface area contributed by atoms with E-state index in [4.69, 9.17) is 0 Å². The lowest BCUT2D eigenvalue weighted by Crippen LogP contribution is -2.28. The predicted octanol–water partition coefficient (Wildman–Crippen LogP) is 3.76. The molecule has 1 aromatic carbocycles. The Morgan fingerprint density at radius 2 is 1.82 bits per heavy atom. The molecule has 0 saturated heterocycles. The number of aliphatic carboxylic acids is 1. The van der Waals surface area contributed by atoms with Crippen LogP contribution >= 0.6 is 0 Å². The van der Waals surface area contributed by atoms with Crippen molar-refractivity contribution in [2.24, 2.45) is 11.3 Å². The first-order chi connectivity index (χ1) is 7.91. The zero-order chi connectivity index (χ0) is 12.9. The van der Waals surface area contributed by atoms with E-state index in [1.165, 1.54) is 5.56 Å². The third-order valence-electron chi connectivity index (χ3n) is 3.14. The van der Waals surface area contributed by atoms with Crippen molar-refractivity contribution in [2.45, 2.75) is 40.0 Å². The molecule has 17 heavy (non-hydrogen) atoms. The summed E-state index contributed by atoms with van der Waals surface area (Å²) in [5, 5.41) is 9.21. The second-order valence-corrected chi connectivity index (χ2v) is 5.63. The molecular weight excluding hydrogens is 212 g/mol. The van der Waals surface area contributed by atoms with Gasteiger partial charge in [-0.25, -0.2) is 0 Å². The second-order valence-electron chi connectivity index (χ2n) is 5.63. The Bertz CT molecular complexity index is 349. The highest BCUT2D eigenvalue weighted by Crippen LogP contribution is 2.30. The zero-order valence-corrected chi connectivity index (χ0v) is 10.9. The summed E-state index contributed by atoms with van der Waals surface area (Å²) in [6, 6.07) is 10.2. The van der Waals surface area contributed by atoms with Gasteiger partial charge in [-0.15, -0.1) is 0 Å². The smallest absolute Gasteiger partial charge is 0.307 e. The van der Waals surface area contributed by atoms with Crippen molar-refractivity contribution >= 4 is 5.97 Å². The molecule has 1 N–H and O–H groups in total. The largest absolute Gasteiger partial charge is 0.481 e. The summed E-state index contributed by atoms with van der Waals surface area (Å²) in [6.45, 7) is 5.98. The van der Waals surface area contributed by atoms with Crippen LogP contribution < -0.4 is 0 Å². The van der Waals surface area contributed by atoms with Gasteiger partial charge < -0.3 is 5.11 Å². The Kier molecular flexibility index (Phi) is 4.73. The van der Waals surface area contributed by atoms with E-state index in [1.54, 1.807) is 0 Å². The molecule has 1 rings (SSSR count). The van der Waals surface area contributed by atoms with Gasteiger partial charge in [0.05, 0.1) is 5.92 Å². The van der Waals surface area contributed by atoms with E-state index in [0.717, 1.165) is 19.3 Å². The van der Waals surface area contributed by atoms with Crippen molar-refractivity contribution in [3.05, 3.63) is 35.9 Å². The van der Waals surface area contributed by atoms with Crippen LogP contribution in [0.25, 0.3) is 0 Å². The normalized spacial score (nSPS) is 13.4. The van der Waals surface area contributed by atoms with E-state index in [9.17, 15) is 9.90 Å². The summed E-state index contributed by atoms with van der Waals surface area (Å²) < 4.78 is 0. The zero-order valence-electron chi connectivity index (χ0n) is 10.9. The number of benzene rings is 1. The molecule has 0 saturated carbocycles. The number of rotatable bonds is 5. The molecule has 2 nitrogen and oxygen atoms in total. The van der Waals surface area contributed by atoms with E-state index in [-0.39, 0.29) is 11.3 Å². The number of hydrogen-bond acceptors (Lipinski definition) is 1. The molecule has 2 heteroatoms. The van der Waals surface area contributed by atoms with Crippen molar-refractivity contribution in [3.63, 3.8) is 0 Å². The summed E-state index contributed by atoms with van der Waals surface area (Å²) in [4.78, 5) is 11.2. The average molecular weight is 234 g/mol. The maximum Gasteiger partial charge on any atom is 0.307 e. The lowest BCUT2D eigenvalue weighted by molar-refractivity contribution is -0.145. The molecule has 0 amide bonds. The van der Waals surface area contributed by atoms with Crippen molar-refractivity contribution in [1.82, 2.24) is 0 Å². The number of carboxylic acids is 1. The summed E-state index contributed by atoms with van der Waals surface area (Å²) in [5.41, 5.74) is 1.12. The van der Waals surface area contributed by atoms with Gasteiger partial charge in [-0.2, -0.15) is 0 Å². The molecule has 1 aromatic rings. The summed E-state index contributed by atoms with van der Waals surface area (Å²) in [6.07, 6.45) is 2.63. The Balaban J connectivity index is 2.46. The molecule has 0 fully saturated rings. The molecule has 0 heterocycles. The second kappa shape index (κ2) is 5.85. The predicted molar refractivity (Wildman–Crippen MR) is 70.0 cm³/mol. The first-order valence-electron chi connectivity index (χ1n) is 6.18. The quantitative estimate of drug-likeness (QED) is 0.842. The highest BCUT2D eigenvalue weighted by atomic mass is 16.4. The molecule has 0 aliphatic carbocycles. The van der Waals surface area contributed by atoms with E-state index in [0.29, 0.717) is 0 Å². The number of carbonyl (C=O) groups is 1. The molecule has 0 aliphatic rings. The lowest BCUT2D eigenvalue weighted by Gasteiger charge is -2.26. The molecule has 94 valence electrons. The Morgan fingerprint density at radius 1 is 1.24 bits per heavy atom. The fourth-order valence-corrected chi connectivity index (χ4v) is 2.08. The maximum atomic E-state index is 11.2. The van der Waals surface area contributed by atoms with Crippen LogP contribution in [0.2, 0.25) is 0 Å². The van der Waals surface area contributed by atoms with E-state index < -0.39 is 5.97 Å². The SMILES string of the molecule is CC(C)(C)C(CCCc1ccccc1)C(=O)O. The summed E-state index contributed by atoms with van der Waals surface area (Å²) in [7, 11) is 0. The van der Waals surface area contributed by atoms with Crippen LogP contribution in [0.1, 0.15) is 39.2 Å². The van der Waals surface area contributed by atoms with Crippen molar-refractivity contribution in [3.8, 4) is 0 Å². The van der Waals surface area contributed by atoms with Gasteiger partial charge in [-0.3, -0.25) is 4.79 Å². The first-order valence-corrected chi connectivity index (χ1v) is 6.18. The highest BCUT2D eigenvalue weighted by Gasteiger charge is 2.30. The molecule has 1 atom stereocenters. The van der Waals surface area contributed by atoms with Crippen LogP contribution in [0.4, 0.5) is 0 Å². The summed E-state index contributed by atoms with van der Waals surface area (Å²) in [5.74, 6) is -0.934.